The third-order valence-electron chi connectivity index (χ3n) is 3.90. The van der Waals surface area contributed by atoms with E-state index in [1.165, 1.54) is 12.1 Å². The Balaban J connectivity index is 2.54. The quantitative estimate of drug-likeness (QED) is 0.683. The van der Waals surface area contributed by atoms with E-state index in [-0.39, 0.29) is 5.82 Å². The molecule has 4 heteroatoms. The van der Waals surface area contributed by atoms with Gasteiger partial charge < -0.3 is 4.23 Å². The van der Waals surface area contributed by atoms with Crippen molar-refractivity contribution in [3.63, 3.8) is 0 Å². The van der Waals surface area contributed by atoms with Crippen LogP contribution in [0.1, 0.15) is 5.56 Å². The molecule has 0 unspecified atom stereocenters. The smallest absolute Gasteiger partial charge is 0.144 e. The maximum atomic E-state index is 14.1. The second kappa shape index (κ2) is 3.95. The van der Waals surface area contributed by atoms with Crippen molar-refractivity contribution in [2.45, 2.75) is 45.2 Å². The molecular weight excluding hydrogens is 245 g/mol. The molecule has 0 N–H and O–H groups in total. The van der Waals surface area contributed by atoms with Gasteiger partial charge in [-0.05, 0) is 36.7 Å². The molecule has 1 aromatic carbocycles. The predicted octanol–water partition coefficient (Wildman–Crippen LogP) is 4.36. The molecule has 0 aromatic heterocycles. The Morgan fingerprint density at radius 1 is 1.06 bits per heavy atom. The Kier molecular flexibility index (Phi) is 2.98. The third-order valence-corrected chi connectivity index (χ3v) is 13.9. The van der Waals surface area contributed by atoms with Gasteiger partial charge in [-0.1, -0.05) is 32.3 Å². The van der Waals surface area contributed by atoms with Crippen molar-refractivity contribution < 1.29 is 4.39 Å². The minimum Gasteiger partial charge on any atom is -0.422 e. The maximum Gasteiger partial charge on any atom is 0.144 e. The fourth-order valence-corrected chi connectivity index (χ4v) is 17.3. The Bertz CT molecular complexity index is 427. The molecule has 0 atom stereocenters. The fourth-order valence-electron chi connectivity index (χ4n) is 3.10. The van der Waals surface area contributed by atoms with E-state index in [9.17, 15) is 4.39 Å². The molecule has 0 aliphatic carbocycles. The summed E-state index contributed by atoms with van der Waals surface area (Å²) in [6, 6.07) is 8.12. The number of hydrogen-bond donors (Lipinski definition) is 0. The summed E-state index contributed by atoms with van der Waals surface area (Å²) in [5.74, 6) is -0.0429. The van der Waals surface area contributed by atoms with Crippen LogP contribution in [0.2, 0.25) is 38.3 Å². The van der Waals surface area contributed by atoms with Crippen molar-refractivity contribution in [3.05, 3.63) is 29.6 Å². The highest BCUT2D eigenvalue weighted by Crippen LogP contribution is 2.41. The SMILES string of the molecule is Cc1ccc(F)c(N2[Si](C)(C)CC[Si]2(C)C)c1. The first-order valence-electron chi connectivity index (χ1n) is 6.30. The summed E-state index contributed by atoms with van der Waals surface area (Å²) in [6.45, 7) is 11.5. The highest BCUT2D eigenvalue weighted by atomic mass is 28.4. The zero-order chi connectivity index (χ0) is 12.8. The first-order chi connectivity index (χ1) is 7.74. The zero-order valence-electron chi connectivity index (χ0n) is 11.5. The van der Waals surface area contributed by atoms with Gasteiger partial charge in [0.25, 0.3) is 0 Å². The minimum atomic E-state index is -1.45. The topological polar surface area (TPSA) is 3.24 Å². The van der Waals surface area contributed by atoms with Crippen molar-refractivity contribution in [2.75, 3.05) is 4.23 Å². The van der Waals surface area contributed by atoms with E-state index in [0.29, 0.717) is 0 Å². The molecule has 1 nitrogen and oxygen atoms in total. The molecule has 1 aliphatic heterocycles. The van der Waals surface area contributed by atoms with E-state index in [4.69, 9.17) is 0 Å². The highest BCUT2D eigenvalue weighted by molar-refractivity contribution is 7.04. The molecule has 1 aliphatic rings. The van der Waals surface area contributed by atoms with E-state index < -0.39 is 16.5 Å². The Morgan fingerprint density at radius 3 is 2.12 bits per heavy atom. The van der Waals surface area contributed by atoms with Crippen LogP contribution in [0.5, 0.6) is 0 Å². The van der Waals surface area contributed by atoms with Gasteiger partial charge in [-0.2, -0.15) is 0 Å². The Labute approximate surface area is 106 Å². The number of hydrogen-bond acceptors (Lipinski definition) is 1. The standard InChI is InChI=1S/C13H22FNSi2/c1-11-6-7-12(14)13(10-11)15-16(2,3)8-9-17(15,4)5/h6-7,10H,8-9H2,1-5H3. The first-order valence-corrected chi connectivity index (χ1v) is 12.6. The average Bonchev–Trinajstić information content (AvgIpc) is 2.41. The lowest BCUT2D eigenvalue weighted by atomic mass is 10.2. The van der Waals surface area contributed by atoms with E-state index in [0.717, 1.165) is 11.3 Å². The molecule has 1 saturated heterocycles. The molecule has 2 rings (SSSR count). The lowest BCUT2D eigenvalue weighted by molar-refractivity contribution is 0.629. The van der Waals surface area contributed by atoms with Crippen molar-refractivity contribution in [2.24, 2.45) is 0 Å². The molecule has 0 spiro atoms. The van der Waals surface area contributed by atoms with Gasteiger partial charge in [-0.15, -0.1) is 0 Å². The third kappa shape index (κ3) is 2.20. The highest BCUT2D eigenvalue weighted by Gasteiger charge is 2.48. The average molecular weight is 267 g/mol. The monoisotopic (exact) mass is 267 g/mol. The molecular formula is C13H22FNSi2. The van der Waals surface area contributed by atoms with Crippen LogP contribution in [0, 0.1) is 12.7 Å². The predicted molar refractivity (Wildman–Crippen MR) is 78.2 cm³/mol. The molecule has 0 bridgehead atoms. The van der Waals surface area contributed by atoms with Crippen molar-refractivity contribution >= 4 is 22.2 Å². The Morgan fingerprint density at radius 2 is 1.59 bits per heavy atom. The van der Waals surface area contributed by atoms with Crippen LogP contribution in [0.25, 0.3) is 0 Å². The summed E-state index contributed by atoms with van der Waals surface area (Å²) in [7, 11) is -2.89. The number of halogens is 1. The van der Waals surface area contributed by atoms with Gasteiger partial charge in [0.1, 0.15) is 22.3 Å². The van der Waals surface area contributed by atoms with Gasteiger partial charge in [-0.25, -0.2) is 4.39 Å². The van der Waals surface area contributed by atoms with Gasteiger partial charge in [0.15, 0.2) is 0 Å². The second-order valence-corrected chi connectivity index (χ2v) is 16.0. The number of aryl methyl sites for hydroxylation is 1. The van der Waals surface area contributed by atoms with Crippen LogP contribution in [-0.4, -0.2) is 16.5 Å². The number of benzene rings is 1. The van der Waals surface area contributed by atoms with Crippen LogP contribution >= 0.6 is 0 Å². The first kappa shape index (κ1) is 12.8. The van der Waals surface area contributed by atoms with E-state index >= 15 is 0 Å². The molecule has 94 valence electrons. The number of rotatable bonds is 1. The summed E-state index contributed by atoms with van der Waals surface area (Å²) < 4.78 is 16.6. The number of nitrogens with zero attached hydrogens (tertiary/aromatic N) is 1. The molecule has 1 fully saturated rings. The van der Waals surface area contributed by atoms with E-state index in [2.05, 4.69) is 30.4 Å². The van der Waals surface area contributed by atoms with Gasteiger partial charge in [0.2, 0.25) is 0 Å². The van der Waals surface area contributed by atoms with Crippen LogP contribution in [0.15, 0.2) is 18.2 Å². The summed E-state index contributed by atoms with van der Waals surface area (Å²) in [6.07, 6.45) is 0. The van der Waals surface area contributed by atoms with E-state index in [1.54, 1.807) is 6.07 Å². The normalized spacial score (nSPS) is 21.9. The minimum absolute atomic E-state index is 0.0429. The van der Waals surface area contributed by atoms with Gasteiger partial charge in [-0.3, -0.25) is 0 Å². The lowest BCUT2D eigenvalue weighted by Gasteiger charge is -2.41. The van der Waals surface area contributed by atoms with E-state index in [1.807, 2.05) is 19.1 Å². The molecule has 1 aromatic rings. The Hall–Kier alpha value is -0.616. The molecule has 1 heterocycles. The van der Waals surface area contributed by atoms with Crippen molar-refractivity contribution in [1.29, 1.82) is 0 Å². The van der Waals surface area contributed by atoms with Gasteiger partial charge >= 0.3 is 0 Å². The second-order valence-electron chi connectivity index (χ2n) is 6.42. The zero-order valence-corrected chi connectivity index (χ0v) is 13.5. The van der Waals surface area contributed by atoms with Crippen LogP contribution < -0.4 is 4.23 Å². The van der Waals surface area contributed by atoms with Gasteiger partial charge in [0.05, 0.1) is 5.69 Å². The lowest BCUT2D eigenvalue weighted by Crippen LogP contribution is -2.55. The molecule has 0 radical (unpaired) electrons. The van der Waals surface area contributed by atoms with Gasteiger partial charge in [0, 0.05) is 0 Å². The summed E-state index contributed by atoms with van der Waals surface area (Å²) >= 11 is 0. The fraction of sp³-hybridized carbons (Fsp3) is 0.538. The van der Waals surface area contributed by atoms with Crippen molar-refractivity contribution in [1.82, 2.24) is 0 Å². The maximum absolute atomic E-state index is 14.1. The summed E-state index contributed by atoms with van der Waals surface area (Å²) in [4.78, 5) is 0. The van der Waals surface area contributed by atoms with Crippen LogP contribution in [0.3, 0.4) is 0 Å². The largest absolute Gasteiger partial charge is 0.422 e. The summed E-state index contributed by atoms with van der Waals surface area (Å²) in [5, 5.41) is 0. The summed E-state index contributed by atoms with van der Waals surface area (Å²) in [5.41, 5.74) is 2.03. The van der Waals surface area contributed by atoms with Crippen LogP contribution in [-0.2, 0) is 0 Å². The van der Waals surface area contributed by atoms with Crippen LogP contribution in [0.4, 0.5) is 10.1 Å². The number of anilines is 1. The molecule has 0 saturated carbocycles. The molecule has 17 heavy (non-hydrogen) atoms. The van der Waals surface area contributed by atoms with Crippen molar-refractivity contribution in [3.8, 4) is 0 Å². The molecule has 0 amide bonds.